The van der Waals surface area contributed by atoms with Gasteiger partial charge in [-0.05, 0) is 44.5 Å². The van der Waals surface area contributed by atoms with E-state index < -0.39 is 0 Å². The summed E-state index contributed by atoms with van der Waals surface area (Å²) < 4.78 is 0. The van der Waals surface area contributed by atoms with Gasteiger partial charge < -0.3 is 9.80 Å². The van der Waals surface area contributed by atoms with Gasteiger partial charge in [0.1, 0.15) is 0 Å². The Labute approximate surface area is 116 Å². The van der Waals surface area contributed by atoms with Crippen LogP contribution in [0.5, 0.6) is 0 Å². The predicted molar refractivity (Wildman–Crippen MR) is 78.4 cm³/mol. The molecule has 1 aromatic carbocycles. The van der Waals surface area contributed by atoms with Crippen molar-refractivity contribution in [2.75, 3.05) is 33.2 Å². The lowest BCUT2D eigenvalue weighted by molar-refractivity contribution is 0.0773. The molecule has 1 aliphatic rings. The number of likely N-dealkylation sites (tertiary alicyclic amines) is 1. The summed E-state index contributed by atoms with van der Waals surface area (Å²) in [5, 5.41) is 0. The molecule has 0 saturated carbocycles. The third kappa shape index (κ3) is 3.57. The first-order chi connectivity index (χ1) is 9.10. The Bertz CT molecular complexity index is 427. The lowest BCUT2D eigenvalue weighted by Crippen LogP contribution is -2.33. The van der Waals surface area contributed by atoms with Crippen LogP contribution in [0.2, 0.25) is 0 Å². The zero-order chi connectivity index (χ0) is 13.8. The van der Waals surface area contributed by atoms with Gasteiger partial charge in [-0.2, -0.15) is 0 Å². The minimum absolute atomic E-state index is 0.134. The first-order valence-corrected chi connectivity index (χ1v) is 7.14. The predicted octanol–water partition coefficient (Wildman–Crippen LogP) is 2.41. The van der Waals surface area contributed by atoms with Gasteiger partial charge in [0, 0.05) is 25.7 Å². The summed E-state index contributed by atoms with van der Waals surface area (Å²) in [5.74, 6) is 0.759. The summed E-state index contributed by atoms with van der Waals surface area (Å²) in [6.45, 7) is 8.52. The molecule has 1 aliphatic heterocycles. The zero-order valence-corrected chi connectivity index (χ0v) is 12.2. The van der Waals surface area contributed by atoms with E-state index in [9.17, 15) is 4.79 Å². The molecule has 1 amide bonds. The number of aryl methyl sites for hydroxylation is 1. The molecule has 0 spiro atoms. The van der Waals surface area contributed by atoms with Gasteiger partial charge in [-0.1, -0.05) is 24.6 Å². The van der Waals surface area contributed by atoms with Crippen molar-refractivity contribution in [3.63, 3.8) is 0 Å². The number of nitrogens with zero attached hydrogens (tertiary/aromatic N) is 2. The molecule has 2 rings (SSSR count). The summed E-state index contributed by atoms with van der Waals surface area (Å²) in [4.78, 5) is 16.6. The Morgan fingerprint density at radius 2 is 2.05 bits per heavy atom. The summed E-state index contributed by atoms with van der Waals surface area (Å²) in [5.41, 5.74) is 1.98. The number of carbonyl (C=O) groups excluding carboxylic acids is 1. The number of amides is 1. The van der Waals surface area contributed by atoms with E-state index in [1.807, 2.05) is 43.1 Å². The second-order valence-electron chi connectivity index (χ2n) is 5.60. The molecular weight excluding hydrogens is 236 g/mol. The molecule has 1 unspecified atom stereocenters. The molecule has 1 aromatic rings. The maximum Gasteiger partial charge on any atom is 0.253 e. The molecule has 104 valence electrons. The highest BCUT2D eigenvalue weighted by Gasteiger charge is 2.24. The Morgan fingerprint density at radius 3 is 2.63 bits per heavy atom. The van der Waals surface area contributed by atoms with Crippen molar-refractivity contribution in [3.05, 3.63) is 35.4 Å². The minimum Gasteiger partial charge on any atom is -0.341 e. The van der Waals surface area contributed by atoms with Crippen molar-refractivity contribution in [1.82, 2.24) is 9.80 Å². The van der Waals surface area contributed by atoms with E-state index >= 15 is 0 Å². The minimum atomic E-state index is 0.134. The monoisotopic (exact) mass is 260 g/mol. The molecule has 1 heterocycles. The molecule has 0 bridgehead atoms. The average molecular weight is 260 g/mol. The third-order valence-electron chi connectivity index (χ3n) is 3.99. The van der Waals surface area contributed by atoms with Crippen LogP contribution in [0, 0.1) is 12.8 Å². The molecule has 1 saturated heterocycles. The number of carbonyl (C=O) groups is 1. The van der Waals surface area contributed by atoms with E-state index in [2.05, 4.69) is 11.8 Å². The summed E-state index contributed by atoms with van der Waals surface area (Å²) >= 11 is 0. The fraction of sp³-hybridized carbons (Fsp3) is 0.562. The Balaban J connectivity index is 1.91. The molecule has 3 nitrogen and oxygen atoms in total. The molecule has 19 heavy (non-hydrogen) atoms. The molecule has 0 N–H and O–H groups in total. The van der Waals surface area contributed by atoms with E-state index in [0.29, 0.717) is 5.92 Å². The Hall–Kier alpha value is -1.35. The van der Waals surface area contributed by atoms with E-state index in [1.54, 1.807) is 0 Å². The largest absolute Gasteiger partial charge is 0.341 e. The second kappa shape index (κ2) is 6.20. The van der Waals surface area contributed by atoms with Crippen LogP contribution >= 0.6 is 0 Å². The van der Waals surface area contributed by atoms with Gasteiger partial charge in [-0.3, -0.25) is 4.79 Å². The highest BCUT2D eigenvalue weighted by molar-refractivity contribution is 5.94. The topological polar surface area (TPSA) is 23.6 Å². The van der Waals surface area contributed by atoms with Crippen LogP contribution in [0.3, 0.4) is 0 Å². The van der Waals surface area contributed by atoms with Gasteiger partial charge in [0.05, 0.1) is 0 Å². The number of hydrogen-bond donors (Lipinski definition) is 0. The molecule has 0 radical (unpaired) electrons. The lowest BCUT2D eigenvalue weighted by atomic mass is 10.1. The Morgan fingerprint density at radius 1 is 1.37 bits per heavy atom. The number of rotatable bonds is 4. The fourth-order valence-corrected chi connectivity index (χ4v) is 2.74. The van der Waals surface area contributed by atoms with E-state index in [0.717, 1.165) is 25.2 Å². The highest BCUT2D eigenvalue weighted by Crippen LogP contribution is 2.17. The smallest absolute Gasteiger partial charge is 0.253 e. The fourth-order valence-electron chi connectivity index (χ4n) is 2.74. The van der Waals surface area contributed by atoms with Gasteiger partial charge in [-0.15, -0.1) is 0 Å². The van der Waals surface area contributed by atoms with Crippen LogP contribution in [0.4, 0.5) is 0 Å². The summed E-state index contributed by atoms with van der Waals surface area (Å²) in [7, 11) is 1.91. The lowest BCUT2D eigenvalue weighted by Gasteiger charge is -2.21. The summed E-state index contributed by atoms with van der Waals surface area (Å²) in [6.07, 6.45) is 1.21. The van der Waals surface area contributed by atoms with Gasteiger partial charge in [0.25, 0.3) is 5.91 Å². The van der Waals surface area contributed by atoms with Gasteiger partial charge in [0.15, 0.2) is 0 Å². The molecule has 1 fully saturated rings. The molecule has 0 aliphatic carbocycles. The maximum absolute atomic E-state index is 12.3. The first kappa shape index (κ1) is 14.1. The molecule has 3 heteroatoms. The van der Waals surface area contributed by atoms with E-state index in [1.165, 1.54) is 18.5 Å². The molecule has 0 aromatic heterocycles. The third-order valence-corrected chi connectivity index (χ3v) is 3.99. The van der Waals surface area contributed by atoms with Crippen LogP contribution in [-0.2, 0) is 0 Å². The number of hydrogen-bond acceptors (Lipinski definition) is 2. The van der Waals surface area contributed by atoms with E-state index in [4.69, 9.17) is 0 Å². The van der Waals surface area contributed by atoms with Crippen molar-refractivity contribution in [3.8, 4) is 0 Å². The van der Waals surface area contributed by atoms with Crippen molar-refractivity contribution in [2.24, 2.45) is 5.92 Å². The van der Waals surface area contributed by atoms with Crippen LogP contribution < -0.4 is 0 Å². The number of benzene rings is 1. The molecule has 1 atom stereocenters. The average Bonchev–Trinajstić information content (AvgIpc) is 2.86. The first-order valence-electron chi connectivity index (χ1n) is 7.14. The van der Waals surface area contributed by atoms with Crippen molar-refractivity contribution in [1.29, 1.82) is 0 Å². The standard InChI is InChI=1S/C16H24N2O/c1-4-18-10-9-14(12-18)11-17(3)16(19)15-7-5-13(2)6-8-15/h5-8,14H,4,9-12H2,1-3H3. The van der Waals surface area contributed by atoms with Gasteiger partial charge >= 0.3 is 0 Å². The van der Waals surface area contributed by atoms with Crippen molar-refractivity contribution < 1.29 is 4.79 Å². The Kier molecular flexibility index (Phi) is 4.59. The molecular formula is C16H24N2O. The van der Waals surface area contributed by atoms with Gasteiger partial charge in [-0.25, -0.2) is 0 Å². The quantitative estimate of drug-likeness (QED) is 0.830. The maximum atomic E-state index is 12.3. The van der Waals surface area contributed by atoms with Crippen LogP contribution in [0.15, 0.2) is 24.3 Å². The normalized spacial score (nSPS) is 19.6. The second-order valence-corrected chi connectivity index (χ2v) is 5.60. The van der Waals surface area contributed by atoms with Crippen LogP contribution in [-0.4, -0.2) is 48.9 Å². The van der Waals surface area contributed by atoms with Crippen LogP contribution in [0.25, 0.3) is 0 Å². The van der Waals surface area contributed by atoms with Gasteiger partial charge in [0.2, 0.25) is 0 Å². The highest BCUT2D eigenvalue weighted by atomic mass is 16.2. The summed E-state index contributed by atoms with van der Waals surface area (Å²) in [6, 6.07) is 7.83. The SMILES string of the molecule is CCN1CCC(CN(C)C(=O)c2ccc(C)cc2)C1. The van der Waals surface area contributed by atoms with Crippen molar-refractivity contribution in [2.45, 2.75) is 20.3 Å². The zero-order valence-electron chi connectivity index (χ0n) is 12.2. The van der Waals surface area contributed by atoms with Crippen molar-refractivity contribution >= 4 is 5.91 Å². The van der Waals surface area contributed by atoms with E-state index in [-0.39, 0.29) is 5.91 Å². The van der Waals surface area contributed by atoms with Crippen LogP contribution in [0.1, 0.15) is 29.3 Å².